The Hall–Kier alpha value is -0.840. The van der Waals surface area contributed by atoms with Crippen molar-refractivity contribution in [3.05, 3.63) is 28.0 Å². The number of halogens is 2. The van der Waals surface area contributed by atoms with E-state index >= 15 is 0 Å². The summed E-state index contributed by atoms with van der Waals surface area (Å²) in [4.78, 5) is 15.3. The van der Waals surface area contributed by atoms with Crippen LogP contribution in [0.1, 0.15) is 17.3 Å². The Kier molecular flexibility index (Phi) is 5.52. The molecule has 0 unspecified atom stereocenters. The predicted octanol–water partition coefficient (Wildman–Crippen LogP) is 2.15. The van der Waals surface area contributed by atoms with E-state index in [9.17, 15) is 4.79 Å². The van der Waals surface area contributed by atoms with E-state index in [0.717, 1.165) is 0 Å². The minimum Gasteiger partial charge on any atom is -0.380 e. The molecule has 1 rings (SSSR count). The zero-order chi connectivity index (χ0) is 12.0. The number of amides is 1. The van der Waals surface area contributed by atoms with Gasteiger partial charge in [-0.3, -0.25) is 4.79 Å². The van der Waals surface area contributed by atoms with Crippen molar-refractivity contribution in [1.29, 1.82) is 0 Å². The normalized spacial score (nSPS) is 10.2. The Morgan fingerprint density at radius 2 is 2.31 bits per heavy atom. The Bertz CT molecular complexity index is 372. The highest BCUT2D eigenvalue weighted by Crippen LogP contribution is 2.19. The molecule has 0 aliphatic carbocycles. The molecule has 88 valence electrons. The fourth-order valence-corrected chi connectivity index (χ4v) is 1.30. The standard InChI is InChI=1S/C10H12Cl2N2O2/c1-2-16-4-3-13-10(15)7-5-8(11)9(12)14-6-7/h5-6H,2-4H2,1H3,(H,13,15). The number of nitrogens with zero attached hydrogens (tertiary/aromatic N) is 1. The van der Waals surface area contributed by atoms with Gasteiger partial charge in [-0.05, 0) is 13.0 Å². The second-order valence-corrected chi connectivity index (χ2v) is 3.71. The summed E-state index contributed by atoms with van der Waals surface area (Å²) in [6.07, 6.45) is 1.38. The summed E-state index contributed by atoms with van der Waals surface area (Å²) in [5.41, 5.74) is 0.380. The molecule has 0 saturated heterocycles. The van der Waals surface area contributed by atoms with Crippen molar-refractivity contribution in [3.8, 4) is 0 Å². The smallest absolute Gasteiger partial charge is 0.252 e. The topological polar surface area (TPSA) is 51.2 Å². The lowest BCUT2D eigenvalue weighted by atomic mass is 10.3. The molecule has 0 saturated carbocycles. The van der Waals surface area contributed by atoms with Gasteiger partial charge in [-0.25, -0.2) is 4.98 Å². The molecule has 0 aliphatic rings. The number of rotatable bonds is 5. The van der Waals surface area contributed by atoms with Crippen LogP contribution in [-0.4, -0.2) is 30.6 Å². The van der Waals surface area contributed by atoms with Crippen molar-refractivity contribution in [1.82, 2.24) is 10.3 Å². The lowest BCUT2D eigenvalue weighted by Gasteiger charge is -2.05. The van der Waals surface area contributed by atoms with E-state index in [1.54, 1.807) is 0 Å². The highest BCUT2D eigenvalue weighted by molar-refractivity contribution is 6.41. The monoisotopic (exact) mass is 262 g/mol. The van der Waals surface area contributed by atoms with Crippen LogP contribution < -0.4 is 5.32 Å². The highest BCUT2D eigenvalue weighted by atomic mass is 35.5. The van der Waals surface area contributed by atoms with Crippen LogP contribution in [0.25, 0.3) is 0 Å². The zero-order valence-corrected chi connectivity index (χ0v) is 10.3. The van der Waals surface area contributed by atoms with Gasteiger partial charge >= 0.3 is 0 Å². The lowest BCUT2D eigenvalue weighted by molar-refractivity contribution is 0.0922. The molecule has 0 fully saturated rings. The van der Waals surface area contributed by atoms with Gasteiger partial charge < -0.3 is 10.1 Å². The SMILES string of the molecule is CCOCCNC(=O)c1cnc(Cl)c(Cl)c1. The van der Waals surface area contributed by atoms with Crippen LogP contribution in [0.4, 0.5) is 0 Å². The molecule has 1 amide bonds. The first kappa shape index (κ1) is 13.2. The summed E-state index contributed by atoms with van der Waals surface area (Å²) < 4.78 is 5.09. The Morgan fingerprint density at radius 1 is 1.56 bits per heavy atom. The molecule has 1 heterocycles. The van der Waals surface area contributed by atoms with Gasteiger partial charge in [0.1, 0.15) is 5.15 Å². The van der Waals surface area contributed by atoms with Crippen molar-refractivity contribution in [2.45, 2.75) is 6.92 Å². The molecule has 0 bridgehead atoms. The Balaban J connectivity index is 2.50. The third-order valence-electron chi connectivity index (χ3n) is 1.79. The van der Waals surface area contributed by atoms with Crippen LogP contribution in [0.15, 0.2) is 12.3 Å². The molecule has 0 radical (unpaired) electrons. The third kappa shape index (κ3) is 3.96. The van der Waals surface area contributed by atoms with Gasteiger partial charge in [0.25, 0.3) is 5.91 Å². The van der Waals surface area contributed by atoms with Crippen LogP contribution >= 0.6 is 23.2 Å². The Morgan fingerprint density at radius 3 is 2.94 bits per heavy atom. The van der Waals surface area contributed by atoms with E-state index in [4.69, 9.17) is 27.9 Å². The summed E-state index contributed by atoms with van der Waals surface area (Å²) in [5.74, 6) is -0.245. The van der Waals surface area contributed by atoms with Gasteiger partial charge in [0.05, 0.1) is 17.2 Å². The van der Waals surface area contributed by atoms with Crippen molar-refractivity contribution in [2.75, 3.05) is 19.8 Å². The molecule has 0 aromatic carbocycles. The number of nitrogens with one attached hydrogen (secondary N) is 1. The first-order valence-corrected chi connectivity index (χ1v) is 5.57. The molecule has 1 aromatic heterocycles. The van der Waals surface area contributed by atoms with E-state index < -0.39 is 0 Å². The van der Waals surface area contributed by atoms with Crippen LogP contribution in [0.3, 0.4) is 0 Å². The molecular formula is C10H12Cl2N2O2. The quantitative estimate of drug-likeness (QED) is 0.654. The van der Waals surface area contributed by atoms with Gasteiger partial charge in [-0.2, -0.15) is 0 Å². The number of carbonyl (C=O) groups excluding carboxylic acids is 1. The minimum atomic E-state index is -0.245. The summed E-state index contributed by atoms with van der Waals surface area (Å²) in [6.45, 7) is 3.46. The van der Waals surface area contributed by atoms with Crippen LogP contribution in [0, 0.1) is 0 Å². The molecule has 1 N–H and O–H groups in total. The first-order chi connectivity index (χ1) is 7.65. The number of carbonyl (C=O) groups is 1. The van der Waals surface area contributed by atoms with E-state index in [2.05, 4.69) is 10.3 Å². The number of hydrogen-bond acceptors (Lipinski definition) is 3. The fraction of sp³-hybridized carbons (Fsp3) is 0.400. The van der Waals surface area contributed by atoms with Crippen LogP contribution in [0.2, 0.25) is 10.2 Å². The van der Waals surface area contributed by atoms with E-state index in [1.165, 1.54) is 12.3 Å². The molecule has 0 atom stereocenters. The summed E-state index contributed by atoms with van der Waals surface area (Å²) in [7, 11) is 0. The van der Waals surface area contributed by atoms with E-state index in [0.29, 0.717) is 25.3 Å². The molecular weight excluding hydrogens is 251 g/mol. The summed E-state index contributed by atoms with van der Waals surface area (Å²) in [5, 5.41) is 3.13. The zero-order valence-electron chi connectivity index (χ0n) is 8.80. The summed E-state index contributed by atoms with van der Waals surface area (Å²) in [6, 6.07) is 1.48. The van der Waals surface area contributed by atoms with Crippen molar-refractivity contribution < 1.29 is 9.53 Å². The molecule has 0 spiro atoms. The van der Waals surface area contributed by atoms with Crippen molar-refractivity contribution in [3.63, 3.8) is 0 Å². The average Bonchev–Trinajstić information content (AvgIpc) is 2.28. The predicted molar refractivity (Wildman–Crippen MR) is 63.1 cm³/mol. The van der Waals surface area contributed by atoms with E-state index in [-0.39, 0.29) is 16.1 Å². The van der Waals surface area contributed by atoms with Crippen LogP contribution in [0.5, 0.6) is 0 Å². The lowest BCUT2D eigenvalue weighted by Crippen LogP contribution is -2.27. The molecule has 0 aliphatic heterocycles. The van der Waals surface area contributed by atoms with E-state index in [1.807, 2.05) is 6.92 Å². The second kappa shape index (κ2) is 6.68. The fourth-order valence-electron chi connectivity index (χ4n) is 1.03. The number of pyridine rings is 1. The maximum absolute atomic E-state index is 11.6. The van der Waals surface area contributed by atoms with Gasteiger partial charge in [0, 0.05) is 19.3 Å². The Labute approximate surface area is 104 Å². The van der Waals surface area contributed by atoms with Crippen LogP contribution in [-0.2, 0) is 4.74 Å². The summed E-state index contributed by atoms with van der Waals surface area (Å²) >= 11 is 11.4. The van der Waals surface area contributed by atoms with Gasteiger partial charge in [0.15, 0.2) is 0 Å². The van der Waals surface area contributed by atoms with Crippen molar-refractivity contribution >= 4 is 29.1 Å². The minimum absolute atomic E-state index is 0.188. The molecule has 16 heavy (non-hydrogen) atoms. The van der Waals surface area contributed by atoms with Crippen molar-refractivity contribution in [2.24, 2.45) is 0 Å². The number of ether oxygens (including phenoxy) is 1. The third-order valence-corrected chi connectivity index (χ3v) is 2.48. The largest absolute Gasteiger partial charge is 0.380 e. The first-order valence-electron chi connectivity index (χ1n) is 4.82. The molecule has 1 aromatic rings. The second-order valence-electron chi connectivity index (χ2n) is 2.95. The number of hydrogen-bond donors (Lipinski definition) is 1. The maximum Gasteiger partial charge on any atom is 0.252 e. The van der Waals surface area contributed by atoms with Gasteiger partial charge in [-0.15, -0.1) is 0 Å². The average molecular weight is 263 g/mol. The maximum atomic E-state index is 11.6. The molecule has 6 heteroatoms. The highest BCUT2D eigenvalue weighted by Gasteiger charge is 2.08. The molecule has 4 nitrogen and oxygen atoms in total. The number of aromatic nitrogens is 1. The van der Waals surface area contributed by atoms with Gasteiger partial charge in [-0.1, -0.05) is 23.2 Å². The van der Waals surface area contributed by atoms with Gasteiger partial charge in [0.2, 0.25) is 0 Å².